The molecule has 1 saturated heterocycles. The molecule has 1 aliphatic heterocycles. The van der Waals surface area contributed by atoms with E-state index >= 15 is 0 Å². The Hall–Kier alpha value is -3.58. The van der Waals surface area contributed by atoms with Gasteiger partial charge in [0, 0.05) is 43.4 Å². The highest BCUT2D eigenvalue weighted by atomic mass is 32.2. The van der Waals surface area contributed by atoms with Gasteiger partial charge in [0.05, 0.1) is 23.2 Å². The average molecular weight is 502 g/mol. The molecule has 0 bridgehead atoms. The number of sulfone groups is 1. The third-order valence-corrected chi connectivity index (χ3v) is 8.68. The van der Waals surface area contributed by atoms with Crippen LogP contribution in [0.15, 0.2) is 76.7 Å². The first-order valence-corrected chi connectivity index (χ1v) is 13.6. The van der Waals surface area contributed by atoms with Crippen molar-refractivity contribution >= 4 is 32.1 Å². The quantitative estimate of drug-likeness (QED) is 0.368. The fourth-order valence-corrected chi connectivity index (χ4v) is 6.44. The topological polar surface area (TPSA) is 62.7 Å². The van der Waals surface area contributed by atoms with Crippen molar-refractivity contribution in [2.75, 3.05) is 43.1 Å². The van der Waals surface area contributed by atoms with Crippen LogP contribution in [-0.4, -0.2) is 46.7 Å². The summed E-state index contributed by atoms with van der Waals surface area (Å²) in [7, 11) is -2.23. The summed E-state index contributed by atoms with van der Waals surface area (Å²) in [6, 6.07) is 19.1. The lowest BCUT2D eigenvalue weighted by molar-refractivity contribution is 0.414. The van der Waals surface area contributed by atoms with E-state index in [0.717, 1.165) is 35.2 Å². The second-order valence-corrected chi connectivity index (χ2v) is 11.4. The lowest BCUT2D eigenvalue weighted by atomic mass is 10.1. The molecule has 3 aromatic carbocycles. The van der Waals surface area contributed by atoms with Gasteiger partial charge in [-0.25, -0.2) is 8.42 Å². The molecule has 0 spiro atoms. The monoisotopic (exact) mass is 501 g/mol. The summed E-state index contributed by atoms with van der Waals surface area (Å²) < 4.78 is 33.0. The molecule has 36 heavy (non-hydrogen) atoms. The lowest BCUT2D eigenvalue weighted by Gasteiger charge is -2.39. The van der Waals surface area contributed by atoms with Crippen molar-refractivity contribution in [3.05, 3.63) is 83.6 Å². The first kappa shape index (κ1) is 24.1. The highest BCUT2D eigenvalue weighted by molar-refractivity contribution is 7.91. The minimum Gasteiger partial charge on any atom is -0.497 e. The summed E-state index contributed by atoms with van der Waals surface area (Å²) in [5, 5.41) is 0.865. The maximum absolute atomic E-state index is 13.9. The van der Waals surface area contributed by atoms with E-state index in [1.165, 1.54) is 23.0 Å². The lowest BCUT2D eigenvalue weighted by Crippen LogP contribution is -2.47. The van der Waals surface area contributed by atoms with Gasteiger partial charge in [0.2, 0.25) is 9.84 Å². The van der Waals surface area contributed by atoms with Gasteiger partial charge in [-0.15, -0.1) is 0 Å². The van der Waals surface area contributed by atoms with Crippen LogP contribution in [0.25, 0.3) is 10.9 Å². The molecule has 0 unspecified atom stereocenters. The van der Waals surface area contributed by atoms with Crippen molar-refractivity contribution in [1.82, 2.24) is 4.98 Å². The number of hydrogen-bond donors (Lipinski definition) is 0. The van der Waals surface area contributed by atoms with Crippen LogP contribution < -0.4 is 14.5 Å². The SMILES string of the molecule is COc1ccc(S(=O)(=O)c2cnc3ccc(C)cc3c2N2CCN(c3ccc(C)cc3C)CC2)cc1. The molecule has 1 fully saturated rings. The normalized spacial score (nSPS) is 14.3. The van der Waals surface area contributed by atoms with Crippen LogP contribution in [0.1, 0.15) is 16.7 Å². The number of anilines is 2. The van der Waals surface area contributed by atoms with E-state index < -0.39 is 9.84 Å². The number of rotatable bonds is 5. The van der Waals surface area contributed by atoms with Crippen molar-refractivity contribution < 1.29 is 13.2 Å². The van der Waals surface area contributed by atoms with Gasteiger partial charge in [0.15, 0.2) is 0 Å². The maximum atomic E-state index is 13.9. The largest absolute Gasteiger partial charge is 0.497 e. The molecule has 186 valence electrons. The fraction of sp³-hybridized carbons (Fsp3) is 0.276. The third kappa shape index (κ3) is 4.39. The Kier molecular flexibility index (Phi) is 6.35. The van der Waals surface area contributed by atoms with Gasteiger partial charge < -0.3 is 14.5 Å². The van der Waals surface area contributed by atoms with E-state index in [9.17, 15) is 8.42 Å². The molecule has 0 radical (unpaired) electrons. The van der Waals surface area contributed by atoms with Crippen LogP contribution in [0.2, 0.25) is 0 Å². The molecule has 1 aliphatic rings. The molecule has 0 atom stereocenters. The van der Waals surface area contributed by atoms with E-state index in [1.807, 2.05) is 25.1 Å². The van der Waals surface area contributed by atoms with Gasteiger partial charge in [0.1, 0.15) is 10.6 Å². The van der Waals surface area contributed by atoms with Gasteiger partial charge in [-0.3, -0.25) is 4.98 Å². The van der Waals surface area contributed by atoms with Crippen molar-refractivity contribution in [3.63, 3.8) is 0 Å². The van der Waals surface area contributed by atoms with E-state index in [4.69, 9.17) is 4.74 Å². The molecule has 5 rings (SSSR count). The van der Waals surface area contributed by atoms with Crippen molar-refractivity contribution in [2.24, 2.45) is 0 Å². The number of fused-ring (bicyclic) bond motifs is 1. The average Bonchev–Trinajstić information content (AvgIpc) is 2.88. The Balaban J connectivity index is 1.56. The smallest absolute Gasteiger partial charge is 0.210 e. The predicted molar refractivity (Wildman–Crippen MR) is 145 cm³/mol. The second kappa shape index (κ2) is 9.47. The van der Waals surface area contributed by atoms with E-state index in [1.54, 1.807) is 31.4 Å². The number of nitrogens with zero attached hydrogens (tertiary/aromatic N) is 3. The number of benzene rings is 3. The predicted octanol–water partition coefficient (Wildman–Crippen LogP) is 5.33. The number of piperazine rings is 1. The van der Waals surface area contributed by atoms with Crippen molar-refractivity contribution in [2.45, 2.75) is 30.6 Å². The Bertz CT molecular complexity index is 1520. The number of pyridine rings is 1. The molecule has 0 N–H and O–H groups in total. The number of hydrogen-bond acceptors (Lipinski definition) is 6. The molecule has 6 nitrogen and oxygen atoms in total. The second-order valence-electron chi connectivity index (χ2n) is 9.43. The number of ether oxygens (including phenoxy) is 1. The zero-order chi connectivity index (χ0) is 25.4. The Morgan fingerprint density at radius 3 is 2.11 bits per heavy atom. The molecular weight excluding hydrogens is 470 g/mol. The van der Waals surface area contributed by atoms with Gasteiger partial charge >= 0.3 is 0 Å². The van der Waals surface area contributed by atoms with Gasteiger partial charge in [-0.1, -0.05) is 29.3 Å². The van der Waals surface area contributed by atoms with Crippen LogP contribution in [0.5, 0.6) is 5.75 Å². The Morgan fingerprint density at radius 1 is 0.806 bits per heavy atom. The molecule has 0 aliphatic carbocycles. The van der Waals surface area contributed by atoms with E-state index in [-0.39, 0.29) is 9.79 Å². The highest BCUT2D eigenvalue weighted by Gasteiger charge is 2.29. The summed E-state index contributed by atoms with van der Waals surface area (Å²) in [6.45, 7) is 9.32. The van der Waals surface area contributed by atoms with Crippen LogP contribution in [-0.2, 0) is 9.84 Å². The standard InChI is InChI=1S/C29H31N3O3S/c1-20-6-12-27(22(3)17-20)31-13-15-32(16-14-31)29-25-18-21(2)5-11-26(25)30-19-28(29)36(33,34)24-9-7-23(35-4)8-10-24/h5-12,17-19H,13-16H2,1-4H3. The summed E-state index contributed by atoms with van der Waals surface area (Å²) >= 11 is 0. The molecule has 2 heterocycles. The van der Waals surface area contributed by atoms with Gasteiger partial charge in [-0.2, -0.15) is 0 Å². The van der Waals surface area contributed by atoms with E-state index in [2.05, 4.69) is 46.8 Å². The molecule has 4 aromatic rings. The zero-order valence-corrected chi connectivity index (χ0v) is 22.0. The fourth-order valence-electron chi connectivity index (χ4n) is 5.01. The minimum atomic E-state index is -3.80. The molecular formula is C29H31N3O3S. The van der Waals surface area contributed by atoms with Crippen LogP contribution >= 0.6 is 0 Å². The zero-order valence-electron chi connectivity index (χ0n) is 21.2. The maximum Gasteiger partial charge on any atom is 0.210 e. The van der Waals surface area contributed by atoms with Crippen LogP contribution in [0.3, 0.4) is 0 Å². The first-order valence-electron chi connectivity index (χ1n) is 12.1. The van der Waals surface area contributed by atoms with E-state index in [0.29, 0.717) is 18.8 Å². The van der Waals surface area contributed by atoms with Crippen molar-refractivity contribution in [1.29, 1.82) is 0 Å². The van der Waals surface area contributed by atoms with Gasteiger partial charge in [0.25, 0.3) is 0 Å². The van der Waals surface area contributed by atoms with Crippen molar-refractivity contribution in [3.8, 4) is 5.75 Å². The van der Waals surface area contributed by atoms with Crippen LogP contribution in [0.4, 0.5) is 11.4 Å². The highest BCUT2D eigenvalue weighted by Crippen LogP contribution is 2.37. The molecule has 7 heteroatoms. The Labute approximate surface area is 213 Å². The Morgan fingerprint density at radius 2 is 1.44 bits per heavy atom. The first-order chi connectivity index (χ1) is 17.3. The minimum absolute atomic E-state index is 0.229. The van der Waals surface area contributed by atoms with Gasteiger partial charge in [-0.05, 0) is 68.8 Å². The summed E-state index contributed by atoms with van der Waals surface area (Å²) in [5.74, 6) is 0.615. The summed E-state index contributed by atoms with van der Waals surface area (Å²) in [5.41, 5.74) is 6.35. The summed E-state index contributed by atoms with van der Waals surface area (Å²) in [4.78, 5) is 9.61. The summed E-state index contributed by atoms with van der Waals surface area (Å²) in [6.07, 6.45) is 1.52. The number of aryl methyl sites for hydroxylation is 3. The third-order valence-electron chi connectivity index (χ3n) is 6.91. The molecule has 1 aromatic heterocycles. The van der Waals surface area contributed by atoms with Crippen LogP contribution in [0, 0.1) is 20.8 Å². The molecule has 0 amide bonds. The molecule has 0 saturated carbocycles. The number of methoxy groups -OCH3 is 1. The number of aromatic nitrogens is 1.